The van der Waals surface area contributed by atoms with Gasteiger partial charge in [0.1, 0.15) is 5.82 Å². The molecule has 5 heteroatoms. The maximum atomic E-state index is 5.85. The molecular formula is C12H11N5. The molecule has 0 aliphatic carbocycles. The molecule has 0 saturated carbocycles. The quantitative estimate of drug-likeness (QED) is 0.658. The molecule has 2 heterocycles. The van der Waals surface area contributed by atoms with Crippen molar-refractivity contribution < 1.29 is 0 Å². The SMILES string of the molecule is Nc1cc(N)c2ncc(-c3ccccc3)n2n1. The van der Waals surface area contributed by atoms with Gasteiger partial charge in [-0.1, -0.05) is 30.3 Å². The fourth-order valence-electron chi connectivity index (χ4n) is 1.82. The summed E-state index contributed by atoms with van der Waals surface area (Å²) in [6, 6.07) is 11.5. The van der Waals surface area contributed by atoms with Crippen LogP contribution in [0.1, 0.15) is 0 Å². The molecular weight excluding hydrogens is 214 g/mol. The molecule has 17 heavy (non-hydrogen) atoms. The summed E-state index contributed by atoms with van der Waals surface area (Å²) in [5, 5.41) is 4.22. The summed E-state index contributed by atoms with van der Waals surface area (Å²) >= 11 is 0. The van der Waals surface area contributed by atoms with Gasteiger partial charge in [-0.25, -0.2) is 9.50 Å². The van der Waals surface area contributed by atoms with Crippen LogP contribution in [0.15, 0.2) is 42.6 Å². The van der Waals surface area contributed by atoms with Crippen LogP contribution in [0.2, 0.25) is 0 Å². The summed E-state index contributed by atoms with van der Waals surface area (Å²) in [7, 11) is 0. The first kappa shape index (κ1) is 9.65. The van der Waals surface area contributed by atoms with Crippen LogP contribution in [-0.2, 0) is 0 Å². The maximum absolute atomic E-state index is 5.85. The minimum absolute atomic E-state index is 0.380. The van der Waals surface area contributed by atoms with Gasteiger partial charge in [0.15, 0.2) is 5.65 Å². The van der Waals surface area contributed by atoms with Crippen LogP contribution in [0, 0.1) is 0 Å². The highest BCUT2D eigenvalue weighted by Crippen LogP contribution is 2.22. The number of imidazole rings is 1. The first-order chi connectivity index (χ1) is 8.25. The summed E-state index contributed by atoms with van der Waals surface area (Å²) in [4.78, 5) is 4.26. The Morgan fingerprint density at radius 3 is 2.59 bits per heavy atom. The van der Waals surface area contributed by atoms with E-state index in [0.29, 0.717) is 17.2 Å². The van der Waals surface area contributed by atoms with E-state index in [1.54, 1.807) is 16.8 Å². The minimum Gasteiger partial charge on any atom is -0.396 e. The summed E-state index contributed by atoms with van der Waals surface area (Å²) in [6.45, 7) is 0. The monoisotopic (exact) mass is 225 g/mol. The van der Waals surface area contributed by atoms with Crippen LogP contribution in [0.3, 0.4) is 0 Å². The highest BCUT2D eigenvalue weighted by Gasteiger charge is 2.09. The van der Waals surface area contributed by atoms with Gasteiger partial charge in [-0.15, -0.1) is 5.10 Å². The summed E-state index contributed by atoms with van der Waals surface area (Å²) < 4.78 is 1.67. The number of nitrogen functional groups attached to an aromatic ring is 2. The minimum atomic E-state index is 0.380. The number of hydrogen-bond acceptors (Lipinski definition) is 4. The molecule has 0 fully saturated rings. The summed E-state index contributed by atoms with van der Waals surface area (Å²) in [6.07, 6.45) is 1.74. The van der Waals surface area contributed by atoms with E-state index in [-0.39, 0.29) is 0 Å². The molecule has 84 valence electrons. The van der Waals surface area contributed by atoms with E-state index >= 15 is 0 Å². The van der Waals surface area contributed by atoms with Crippen LogP contribution in [-0.4, -0.2) is 14.6 Å². The van der Waals surface area contributed by atoms with E-state index in [1.807, 2.05) is 30.3 Å². The number of hydrogen-bond donors (Lipinski definition) is 2. The van der Waals surface area contributed by atoms with Crippen molar-refractivity contribution in [3.8, 4) is 11.3 Å². The Bertz CT molecular complexity index is 672. The zero-order valence-electron chi connectivity index (χ0n) is 9.04. The summed E-state index contributed by atoms with van der Waals surface area (Å²) in [5.41, 5.74) is 14.6. The van der Waals surface area contributed by atoms with E-state index in [9.17, 15) is 0 Å². The molecule has 0 aliphatic heterocycles. The molecule has 0 spiro atoms. The van der Waals surface area contributed by atoms with Gasteiger partial charge >= 0.3 is 0 Å². The molecule has 0 unspecified atom stereocenters. The van der Waals surface area contributed by atoms with Gasteiger partial charge in [-0.2, -0.15) is 0 Å². The normalized spacial score (nSPS) is 10.8. The number of aromatic nitrogens is 3. The average molecular weight is 225 g/mol. The molecule has 4 N–H and O–H groups in total. The van der Waals surface area contributed by atoms with Crippen LogP contribution in [0.4, 0.5) is 11.5 Å². The molecule has 1 aromatic carbocycles. The van der Waals surface area contributed by atoms with Gasteiger partial charge in [-0.3, -0.25) is 0 Å². The van der Waals surface area contributed by atoms with Crippen molar-refractivity contribution in [2.24, 2.45) is 0 Å². The number of nitrogens with two attached hydrogens (primary N) is 2. The Morgan fingerprint density at radius 1 is 1.06 bits per heavy atom. The highest BCUT2D eigenvalue weighted by molar-refractivity contribution is 5.72. The first-order valence-electron chi connectivity index (χ1n) is 5.21. The number of benzene rings is 1. The molecule has 0 saturated heterocycles. The van der Waals surface area contributed by atoms with Gasteiger partial charge in [-0.05, 0) is 0 Å². The van der Waals surface area contributed by atoms with Gasteiger partial charge < -0.3 is 11.5 Å². The number of rotatable bonds is 1. The molecule has 0 radical (unpaired) electrons. The van der Waals surface area contributed by atoms with Crippen molar-refractivity contribution in [3.63, 3.8) is 0 Å². The predicted octanol–water partition coefficient (Wildman–Crippen LogP) is 1.56. The number of anilines is 2. The van der Waals surface area contributed by atoms with Crippen molar-refractivity contribution in [2.45, 2.75) is 0 Å². The molecule has 3 aromatic rings. The van der Waals surface area contributed by atoms with Gasteiger partial charge in [0, 0.05) is 11.6 Å². The molecule has 0 amide bonds. The topological polar surface area (TPSA) is 82.2 Å². The average Bonchev–Trinajstić information content (AvgIpc) is 2.74. The predicted molar refractivity (Wildman–Crippen MR) is 67.2 cm³/mol. The van der Waals surface area contributed by atoms with Crippen LogP contribution in [0.25, 0.3) is 16.9 Å². The summed E-state index contributed by atoms with van der Waals surface area (Å²) in [5.74, 6) is 0.380. The van der Waals surface area contributed by atoms with Crippen molar-refractivity contribution in [1.29, 1.82) is 0 Å². The second-order valence-corrected chi connectivity index (χ2v) is 3.77. The Balaban J connectivity index is 2.32. The fraction of sp³-hybridized carbons (Fsp3) is 0. The van der Waals surface area contributed by atoms with Crippen LogP contribution in [0.5, 0.6) is 0 Å². The number of nitrogens with zero attached hydrogens (tertiary/aromatic N) is 3. The second-order valence-electron chi connectivity index (χ2n) is 3.77. The zero-order chi connectivity index (χ0) is 11.8. The standard InChI is InChI=1S/C12H11N5/c13-9-6-11(14)16-17-10(7-15-12(9)17)8-4-2-1-3-5-8/h1-7H,13H2,(H2,14,16). The van der Waals surface area contributed by atoms with Crippen LogP contribution >= 0.6 is 0 Å². The van der Waals surface area contributed by atoms with E-state index < -0.39 is 0 Å². The smallest absolute Gasteiger partial charge is 0.177 e. The Kier molecular flexibility index (Phi) is 1.98. The van der Waals surface area contributed by atoms with E-state index in [2.05, 4.69) is 10.1 Å². The van der Waals surface area contributed by atoms with Gasteiger partial charge in [0.25, 0.3) is 0 Å². The lowest BCUT2D eigenvalue weighted by Gasteiger charge is -2.03. The van der Waals surface area contributed by atoms with Crippen LogP contribution < -0.4 is 11.5 Å². The Morgan fingerprint density at radius 2 is 1.82 bits per heavy atom. The molecule has 3 rings (SSSR count). The molecule has 5 nitrogen and oxygen atoms in total. The molecule has 0 aliphatic rings. The fourth-order valence-corrected chi connectivity index (χ4v) is 1.82. The van der Waals surface area contributed by atoms with Crippen molar-refractivity contribution in [3.05, 3.63) is 42.6 Å². The lowest BCUT2D eigenvalue weighted by molar-refractivity contribution is 0.954. The Hall–Kier alpha value is -2.56. The largest absolute Gasteiger partial charge is 0.396 e. The lowest BCUT2D eigenvalue weighted by atomic mass is 10.2. The van der Waals surface area contributed by atoms with E-state index in [4.69, 9.17) is 11.5 Å². The first-order valence-corrected chi connectivity index (χ1v) is 5.21. The van der Waals surface area contributed by atoms with Crippen molar-refractivity contribution in [1.82, 2.24) is 14.6 Å². The maximum Gasteiger partial charge on any atom is 0.177 e. The lowest BCUT2D eigenvalue weighted by Crippen LogP contribution is -2.02. The van der Waals surface area contributed by atoms with Gasteiger partial charge in [0.2, 0.25) is 0 Å². The molecule has 0 bridgehead atoms. The second kappa shape index (κ2) is 3.48. The Labute approximate surface area is 97.7 Å². The highest BCUT2D eigenvalue weighted by atomic mass is 15.3. The zero-order valence-corrected chi connectivity index (χ0v) is 9.04. The number of fused-ring (bicyclic) bond motifs is 1. The molecule has 2 aromatic heterocycles. The molecule has 0 atom stereocenters. The van der Waals surface area contributed by atoms with Gasteiger partial charge in [0.05, 0.1) is 17.6 Å². The van der Waals surface area contributed by atoms with E-state index in [1.165, 1.54) is 0 Å². The third-order valence-electron chi connectivity index (χ3n) is 2.58. The third kappa shape index (κ3) is 1.48. The van der Waals surface area contributed by atoms with Crippen molar-refractivity contribution >= 4 is 17.2 Å². The van der Waals surface area contributed by atoms with E-state index in [0.717, 1.165) is 11.3 Å². The third-order valence-corrected chi connectivity index (χ3v) is 2.58. The van der Waals surface area contributed by atoms with Crippen molar-refractivity contribution in [2.75, 3.05) is 11.5 Å².